The van der Waals surface area contributed by atoms with E-state index in [4.69, 9.17) is 16.9 Å². The zero-order chi connectivity index (χ0) is 22.5. The second-order valence-electron chi connectivity index (χ2n) is 7.86. The second kappa shape index (κ2) is 7.44. The lowest BCUT2D eigenvalue weighted by Crippen LogP contribution is -1.96. The van der Waals surface area contributed by atoms with Crippen LogP contribution in [0.25, 0.3) is 49.7 Å². The minimum absolute atomic E-state index is 0.283. The fourth-order valence-corrected chi connectivity index (χ4v) is 4.58. The summed E-state index contributed by atoms with van der Waals surface area (Å²) in [5.74, 6) is -0.339. The van der Waals surface area contributed by atoms with Crippen molar-refractivity contribution in [2.75, 3.05) is 0 Å². The molecule has 6 rings (SSSR count). The number of nitrogens with zero attached hydrogens (tertiary/aromatic N) is 4. The normalized spacial score (nSPS) is 11.4. The summed E-state index contributed by atoms with van der Waals surface area (Å²) in [6.45, 7) is 0. The Balaban J connectivity index is 1.60. The largest absolute Gasteiger partial charge is 0.361 e. The van der Waals surface area contributed by atoms with Crippen molar-refractivity contribution >= 4 is 44.4 Å². The molecule has 33 heavy (non-hydrogen) atoms. The number of halogens is 2. The van der Waals surface area contributed by atoms with E-state index in [2.05, 4.69) is 21.0 Å². The molecule has 5 nitrogen and oxygen atoms in total. The van der Waals surface area contributed by atoms with E-state index in [1.807, 2.05) is 53.2 Å². The number of imidazole rings is 1. The fraction of sp³-hybridized carbons (Fsp3) is 0.0385. The molecule has 0 aliphatic carbocycles. The number of nitrogens with one attached hydrogen (secondary N) is 1. The first-order valence-electron chi connectivity index (χ1n) is 10.3. The first-order chi connectivity index (χ1) is 16.1. The maximum atomic E-state index is 15.1. The summed E-state index contributed by atoms with van der Waals surface area (Å²) in [4.78, 5) is 12.1. The third kappa shape index (κ3) is 3.13. The van der Waals surface area contributed by atoms with Crippen LogP contribution in [-0.2, 0) is 6.42 Å². The first-order valence-corrected chi connectivity index (χ1v) is 10.7. The van der Waals surface area contributed by atoms with Crippen molar-refractivity contribution in [1.29, 1.82) is 5.26 Å². The number of hydrogen-bond donors (Lipinski definition) is 1. The quantitative estimate of drug-likeness (QED) is 0.330. The number of rotatable bonds is 3. The van der Waals surface area contributed by atoms with Gasteiger partial charge < -0.3 is 4.98 Å². The van der Waals surface area contributed by atoms with E-state index in [1.165, 1.54) is 6.07 Å². The highest BCUT2D eigenvalue weighted by molar-refractivity contribution is 6.32. The van der Waals surface area contributed by atoms with Gasteiger partial charge in [-0.25, -0.2) is 9.37 Å². The van der Waals surface area contributed by atoms with Gasteiger partial charge in [0.2, 0.25) is 0 Å². The summed E-state index contributed by atoms with van der Waals surface area (Å²) in [5, 5.41) is 11.3. The monoisotopic (exact) mass is 451 g/mol. The van der Waals surface area contributed by atoms with Crippen LogP contribution in [0.4, 0.5) is 4.39 Å². The van der Waals surface area contributed by atoms with Crippen molar-refractivity contribution < 1.29 is 4.39 Å². The molecule has 0 fully saturated rings. The number of fused-ring (bicyclic) bond motifs is 4. The van der Waals surface area contributed by atoms with Crippen LogP contribution in [0.2, 0.25) is 5.02 Å². The molecule has 7 heteroatoms. The van der Waals surface area contributed by atoms with Crippen LogP contribution < -0.4 is 0 Å². The van der Waals surface area contributed by atoms with E-state index in [1.54, 1.807) is 18.6 Å². The molecule has 0 amide bonds. The minimum atomic E-state index is -0.339. The van der Waals surface area contributed by atoms with Crippen LogP contribution in [0.1, 0.15) is 5.56 Å². The lowest BCUT2D eigenvalue weighted by Gasteiger charge is -2.11. The van der Waals surface area contributed by atoms with Gasteiger partial charge in [-0.3, -0.25) is 9.55 Å². The molecule has 3 aromatic heterocycles. The maximum Gasteiger partial charge on any atom is 0.133 e. The van der Waals surface area contributed by atoms with Crippen molar-refractivity contribution in [3.63, 3.8) is 0 Å². The Morgan fingerprint density at radius 1 is 1.03 bits per heavy atom. The predicted molar refractivity (Wildman–Crippen MR) is 128 cm³/mol. The Kier molecular flexibility index (Phi) is 4.39. The van der Waals surface area contributed by atoms with Gasteiger partial charge in [-0.05, 0) is 52.9 Å². The molecule has 0 saturated heterocycles. The third-order valence-corrected chi connectivity index (χ3v) is 6.18. The summed E-state index contributed by atoms with van der Waals surface area (Å²) in [5.41, 5.74) is 5.84. The van der Waals surface area contributed by atoms with Gasteiger partial charge in [0.25, 0.3) is 0 Å². The lowest BCUT2D eigenvalue weighted by molar-refractivity contribution is 0.633. The molecule has 158 valence electrons. The summed E-state index contributed by atoms with van der Waals surface area (Å²) in [6.07, 6.45) is 5.47. The summed E-state index contributed by atoms with van der Waals surface area (Å²) in [7, 11) is 0. The number of aromatic nitrogens is 4. The van der Waals surface area contributed by atoms with Gasteiger partial charge in [-0.15, -0.1) is 0 Å². The summed E-state index contributed by atoms with van der Waals surface area (Å²) >= 11 is 6.57. The molecule has 0 spiro atoms. The molecule has 0 radical (unpaired) electrons. The number of pyridine rings is 1. The van der Waals surface area contributed by atoms with Crippen LogP contribution in [0.15, 0.2) is 73.3 Å². The average Bonchev–Trinajstić information content (AvgIpc) is 3.45. The molecule has 0 unspecified atom stereocenters. The molecule has 0 aliphatic rings. The number of H-pyrrole nitrogens is 1. The highest BCUT2D eigenvalue weighted by atomic mass is 35.5. The number of aromatic amines is 1. The highest BCUT2D eigenvalue weighted by Crippen LogP contribution is 2.34. The van der Waals surface area contributed by atoms with E-state index in [-0.39, 0.29) is 12.2 Å². The van der Waals surface area contributed by atoms with Gasteiger partial charge in [0, 0.05) is 28.7 Å². The standard InChI is InChI=1S/C26H15ClFN5/c27-20-9-15(5-7-29)1-4-25(20)33-14-32-24-13-31-23-12-21(28)18(11-19(23)26(24)33)16-2-3-22-17(10-16)6-8-30-22/h1-4,6,8-14,30H,5H2. The van der Waals surface area contributed by atoms with Gasteiger partial charge in [0.15, 0.2) is 0 Å². The summed E-state index contributed by atoms with van der Waals surface area (Å²) in [6, 6.07) is 18.7. The molecular weight excluding hydrogens is 437 g/mol. The molecule has 0 aliphatic heterocycles. The Bertz CT molecular complexity index is 1740. The molecule has 0 bridgehead atoms. The second-order valence-corrected chi connectivity index (χ2v) is 8.26. The van der Waals surface area contributed by atoms with Crippen molar-refractivity contribution in [2.24, 2.45) is 0 Å². The number of nitriles is 1. The van der Waals surface area contributed by atoms with Crippen LogP contribution in [0, 0.1) is 17.1 Å². The highest BCUT2D eigenvalue weighted by Gasteiger charge is 2.16. The predicted octanol–water partition coefficient (Wildman–Crippen LogP) is 6.58. The Hall–Kier alpha value is -4.21. The molecule has 3 aromatic carbocycles. The lowest BCUT2D eigenvalue weighted by atomic mass is 10.0. The molecular formula is C26H15ClFN5. The first kappa shape index (κ1) is 19.5. The molecule has 6 aromatic rings. The van der Waals surface area contributed by atoms with Crippen molar-refractivity contribution in [3.05, 3.63) is 89.7 Å². The van der Waals surface area contributed by atoms with E-state index < -0.39 is 0 Å². The minimum Gasteiger partial charge on any atom is -0.361 e. The smallest absolute Gasteiger partial charge is 0.133 e. The van der Waals surface area contributed by atoms with Crippen LogP contribution in [0.5, 0.6) is 0 Å². The van der Waals surface area contributed by atoms with Crippen molar-refractivity contribution in [2.45, 2.75) is 6.42 Å². The molecule has 3 heterocycles. The maximum absolute atomic E-state index is 15.1. The van der Waals surface area contributed by atoms with Crippen molar-refractivity contribution in [1.82, 2.24) is 19.5 Å². The van der Waals surface area contributed by atoms with E-state index in [0.717, 1.165) is 38.6 Å². The zero-order valence-corrected chi connectivity index (χ0v) is 17.9. The Labute approximate surface area is 192 Å². The zero-order valence-electron chi connectivity index (χ0n) is 17.2. The molecule has 1 N–H and O–H groups in total. The van der Waals surface area contributed by atoms with Gasteiger partial charge in [0.1, 0.15) is 17.7 Å². The van der Waals surface area contributed by atoms with Crippen LogP contribution in [-0.4, -0.2) is 19.5 Å². The Morgan fingerprint density at radius 2 is 1.94 bits per heavy atom. The van der Waals surface area contributed by atoms with Crippen molar-refractivity contribution in [3.8, 4) is 22.9 Å². The fourth-order valence-electron chi connectivity index (χ4n) is 4.29. The average molecular weight is 452 g/mol. The van der Waals surface area contributed by atoms with Crippen LogP contribution in [0.3, 0.4) is 0 Å². The van der Waals surface area contributed by atoms with Gasteiger partial charge >= 0.3 is 0 Å². The third-order valence-electron chi connectivity index (χ3n) is 5.88. The van der Waals surface area contributed by atoms with Gasteiger partial charge in [0.05, 0.1) is 40.4 Å². The van der Waals surface area contributed by atoms with Crippen LogP contribution >= 0.6 is 11.6 Å². The van der Waals surface area contributed by atoms with E-state index >= 15 is 4.39 Å². The number of hydrogen-bond acceptors (Lipinski definition) is 3. The SMILES string of the molecule is N#CCc1ccc(-n2cnc3cnc4cc(F)c(-c5ccc6[nH]ccc6c5)cc4c32)c(Cl)c1. The van der Waals surface area contributed by atoms with E-state index in [0.29, 0.717) is 21.6 Å². The number of benzene rings is 3. The van der Waals surface area contributed by atoms with Gasteiger partial charge in [-0.2, -0.15) is 5.26 Å². The van der Waals surface area contributed by atoms with Gasteiger partial charge in [-0.1, -0.05) is 23.7 Å². The molecule has 0 saturated carbocycles. The topological polar surface area (TPSA) is 70.3 Å². The summed E-state index contributed by atoms with van der Waals surface area (Å²) < 4.78 is 17.0. The Morgan fingerprint density at radius 3 is 2.79 bits per heavy atom. The van der Waals surface area contributed by atoms with E-state index in [9.17, 15) is 0 Å². The molecule has 0 atom stereocenters.